The number of carbonyl (C=O) groups is 3. The van der Waals surface area contributed by atoms with Crippen LogP contribution in [-0.2, 0) is 9.59 Å². The third kappa shape index (κ3) is 9.19. The van der Waals surface area contributed by atoms with Gasteiger partial charge in [-0.3, -0.25) is 14.4 Å². The van der Waals surface area contributed by atoms with Gasteiger partial charge in [0, 0.05) is 21.8 Å². The standard InChI is InChI=1S/C36H25Cl4N3O3S/c37-28-19-16-26(21-30(28)39)42-36(46)33(22-8-3-1-4-9-22)47-27-17-14-25(15-18-27)41-35(45)31(20-24-12-7-13-29(38)32(24)40)43-34(44)23-10-5-2-6-11-23/h1-21,33H,(H,41,45)(H,42,46)(H,43,44)/b31-20-. The van der Waals surface area contributed by atoms with Crippen molar-refractivity contribution in [2.24, 2.45) is 0 Å². The average molecular weight is 721 g/mol. The van der Waals surface area contributed by atoms with E-state index in [1.807, 2.05) is 30.3 Å². The molecule has 0 saturated heterocycles. The molecule has 0 saturated carbocycles. The lowest BCUT2D eigenvalue weighted by molar-refractivity contribution is -0.116. The number of hydrogen-bond acceptors (Lipinski definition) is 4. The van der Waals surface area contributed by atoms with Gasteiger partial charge in [-0.2, -0.15) is 0 Å². The van der Waals surface area contributed by atoms with Crippen molar-refractivity contribution in [3.8, 4) is 0 Å². The Bertz CT molecular complexity index is 1940. The second-order valence-corrected chi connectivity index (χ2v) is 12.8. The Labute approximate surface area is 296 Å². The quantitative estimate of drug-likeness (QED) is 0.0990. The van der Waals surface area contributed by atoms with Gasteiger partial charge in [-0.15, -0.1) is 11.8 Å². The highest BCUT2D eigenvalue weighted by Gasteiger charge is 2.23. The number of carbonyl (C=O) groups excluding carboxylic acids is 3. The maximum Gasteiger partial charge on any atom is 0.272 e. The highest BCUT2D eigenvalue weighted by atomic mass is 35.5. The van der Waals surface area contributed by atoms with Crippen molar-refractivity contribution in [3.05, 3.63) is 164 Å². The van der Waals surface area contributed by atoms with Crippen LogP contribution in [0.5, 0.6) is 0 Å². The molecule has 0 aliphatic rings. The van der Waals surface area contributed by atoms with Crippen molar-refractivity contribution in [2.75, 3.05) is 10.6 Å². The van der Waals surface area contributed by atoms with Gasteiger partial charge in [-0.25, -0.2) is 0 Å². The Morgan fingerprint density at radius 2 is 1.30 bits per heavy atom. The molecular formula is C36H25Cl4N3O3S. The van der Waals surface area contributed by atoms with E-state index < -0.39 is 17.1 Å². The first-order valence-electron chi connectivity index (χ1n) is 14.1. The Kier molecular flexibility index (Phi) is 11.6. The first-order chi connectivity index (χ1) is 22.7. The van der Waals surface area contributed by atoms with E-state index in [-0.39, 0.29) is 16.6 Å². The normalized spacial score (nSPS) is 11.8. The predicted molar refractivity (Wildman–Crippen MR) is 194 cm³/mol. The fourth-order valence-electron chi connectivity index (χ4n) is 4.36. The van der Waals surface area contributed by atoms with Gasteiger partial charge >= 0.3 is 0 Å². The molecule has 0 heterocycles. The first-order valence-corrected chi connectivity index (χ1v) is 16.5. The monoisotopic (exact) mass is 719 g/mol. The van der Waals surface area contributed by atoms with E-state index in [4.69, 9.17) is 46.4 Å². The van der Waals surface area contributed by atoms with Gasteiger partial charge in [-0.05, 0) is 77.9 Å². The van der Waals surface area contributed by atoms with Crippen LogP contribution in [-0.4, -0.2) is 17.7 Å². The van der Waals surface area contributed by atoms with Crippen molar-refractivity contribution < 1.29 is 14.4 Å². The molecule has 0 aliphatic heterocycles. The van der Waals surface area contributed by atoms with E-state index in [0.29, 0.717) is 37.6 Å². The number of rotatable bonds is 10. The zero-order chi connectivity index (χ0) is 33.3. The summed E-state index contributed by atoms with van der Waals surface area (Å²) in [6.45, 7) is 0. The number of nitrogens with one attached hydrogen (secondary N) is 3. The molecule has 236 valence electrons. The zero-order valence-corrected chi connectivity index (χ0v) is 28.2. The number of benzene rings is 5. The number of thioether (sulfide) groups is 1. The van der Waals surface area contributed by atoms with Crippen LogP contribution >= 0.6 is 58.2 Å². The third-order valence-corrected chi connectivity index (χ3v) is 9.54. The van der Waals surface area contributed by atoms with Crippen molar-refractivity contribution in [1.82, 2.24) is 5.32 Å². The SMILES string of the molecule is O=C(Nc1ccc(SC(C(=O)Nc2ccc(Cl)c(Cl)c2)c2ccccc2)cc1)/C(=C/c1cccc(Cl)c1Cl)NC(=O)c1ccccc1. The fraction of sp³-hybridized carbons (Fsp3) is 0.0278. The Morgan fingerprint density at radius 3 is 1.98 bits per heavy atom. The average Bonchev–Trinajstić information content (AvgIpc) is 3.08. The predicted octanol–water partition coefficient (Wildman–Crippen LogP) is 10.2. The fourth-order valence-corrected chi connectivity index (χ4v) is 6.05. The largest absolute Gasteiger partial charge is 0.325 e. The van der Waals surface area contributed by atoms with Crippen LogP contribution in [0.1, 0.15) is 26.7 Å². The smallest absolute Gasteiger partial charge is 0.272 e. The van der Waals surface area contributed by atoms with Crippen LogP contribution < -0.4 is 16.0 Å². The van der Waals surface area contributed by atoms with E-state index in [1.54, 1.807) is 91.0 Å². The van der Waals surface area contributed by atoms with Crippen LogP contribution in [0.2, 0.25) is 20.1 Å². The topological polar surface area (TPSA) is 87.3 Å². The molecule has 6 nitrogen and oxygen atoms in total. The number of halogens is 4. The minimum atomic E-state index is -0.601. The molecule has 47 heavy (non-hydrogen) atoms. The highest BCUT2D eigenvalue weighted by molar-refractivity contribution is 8.00. The summed E-state index contributed by atoms with van der Waals surface area (Å²) >= 11 is 26.1. The van der Waals surface area contributed by atoms with Crippen LogP contribution in [0.3, 0.4) is 0 Å². The highest BCUT2D eigenvalue weighted by Crippen LogP contribution is 2.37. The molecule has 0 fully saturated rings. The van der Waals surface area contributed by atoms with Crippen molar-refractivity contribution in [2.45, 2.75) is 10.1 Å². The van der Waals surface area contributed by atoms with Crippen molar-refractivity contribution in [3.63, 3.8) is 0 Å². The van der Waals surface area contributed by atoms with Gasteiger partial charge in [0.1, 0.15) is 10.9 Å². The summed E-state index contributed by atoms with van der Waals surface area (Å²) < 4.78 is 0. The number of anilines is 2. The van der Waals surface area contributed by atoms with Gasteiger partial charge < -0.3 is 16.0 Å². The van der Waals surface area contributed by atoms with Gasteiger partial charge in [0.15, 0.2) is 0 Å². The molecule has 5 rings (SSSR count). The number of amides is 3. The van der Waals surface area contributed by atoms with Gasteiger partial charge in [0.25, 0.3) is 11.8 Å². The molecule has 0 bridgehead atoms. The molecule has 1 atom stereocenters. The van der Waals surface area contributed by atoms with Crippen LogP contribution in [0, 0.1) is 0 Å². The van der Waals surface area contributed by atoms with Crippen molar-refractivity contribution >= 4 is 93.3 Å². The maximum absolute atomic E-state index is 13.5. The van der Waals surface area contributed by atoms with E-state index in [9.17, 15) is 14.4 Å². The molecule has 3 N–H and O–H groups in total. The lowest BCUT2D eigenvalue weighted by Crippen LogP contribution is -2.30. The van der Waals surface area contributed by atoms with Gasteiger partial charge in [0.2, 0.25) is 5.91 Å². The van der Waals surface area contributed by atoms with Crippen LogP contribution in [0.15, 0.2) is 132 Å². The lowest BCUT2D eigenvalue weighted by atomic mass is 10.1. The van der Waals surface area contributed by atoms with Crippen LogP contribution in [0.4, 0.5) is 11.4 Å². The second kappa shape index (κ2) is 16.0. The molecule has 5 aromatic carbocycles. The minimum Gasteiger partial charge on any atom is -0.325 e. The van der Waals surface area contributed by atoms with Gasteiger partial charge in [-0.1, -0.05) is 107 Å². The van der Waals surface area contributed by atoms with E-state index in [2.05, 4.69) is 16.0 Å². The molecule has 11 heteroatoms. The molecule has 0 aliphatic carbocycles. The summed E-state index contributed by atoms with van der Waals surface area (Å²) in [6, 6.07) is 34.8. The molecule has 0 spiro atoms. The first kappa shape index (κ1) is 34.1. The summed E-state index contributed by atoms with van der Waals surface area (Å²) in [5.74, 6) is -1.29. The summed E-state index contributed by atoms with van der Waals surface area (Å²) in [6.07, 6.45) is 1.46. The zero-order valence-electron chi connectivity index (χ0n) is 24.3. The van der Waals surface area contributed by atoms with E-state index in [1.165, 1.54) is 17.8 Å². The van der Waals surface area contributed by atoms with Gasteiger partial charge in [0.05, 0.1) is 20.1 Å². The summed E-state index contributed by atoms with van der Waals surface area (Å²) in [7, 11) is 0. The molecule has 1 unspecified atom stereocenters. The van der Waals surface area contributed by atoms with E-state index in [0.717, 1.165) is 10.5 Å². The van der Waals surface area contributed by atoms with Crippen LogP contribution in [0.25, 0.3) is 6.08 Å². The molecule has 0 radical (unpaired) electrons. The molecule has 3 amide bonds. The Morgan fingerprint density at radius 1 is 0.638 bits per heavy atom. The maximum atomic E-state index is 13.5. The summed E-state index contributed by atoms with van der Waals surface area (Å²) in [5, 5.41) is 9.09. The molecular weight excluding hydrogens is 696 g/mol. The third-order valence-electron chi connectivity index (χ3n) is 6.70. The Balaban J connectivity index is 1.34. The second-order valence-electron chi connectivity index (χ2n) is 10.0. The number of hydrogen-bond donors (Lipinski definition) is 3. The van der Waals surface area contributed by atoms with Crippen molar-refractivity contribution in [1.29, 1.82) is 0 Å². The lowest BCUT2D eigenvalue weighted by Gasteiger charge is -2.18. The summed E-state index contributed by atoms with van der Waals surface area (Å²) in [4.78, 5) is 40.7. The Hall–Kier alpha value is -4.24. The molecule has 5 aromatic rings. The van der Waals surface area contributed by atoms with E-state index >= 15 is 0 Å². The summed E-state index contributed by atoms with van der Waals surface area (Å²) in [5.41, 5.74) is 2.58. The minimum absolute atomic E-state index is 0.0374. The molecule has 0 aromatic heterocycles.